The fourth-order valence-electron chi connectivity index (χ4n) is 4.92. The molecule has 0 spiro atoms. The molecule has 0 amide bonds. The summed E-state index contributed by atoms with van der Waals surface area (Å²) in [7, 11) is 0. The lowest BCUT2D eigenvalue weighted by atomic mass is 9.93. The summed E-state index contributed by atoms with van der Waals surface area (Å²) in [5.41, 5.74) is 5.10. The highest BCUT2D eigenvalue weighted by atomic mass is 32.2. The first-order valence-corrected chi connectivity index (χ1v) is 12.6. The lowest BCUT2D eigenvalue weighted by molar-refractivity contribution is 0.0902. The van der Waals surface area contributed by atoms with Gasteiger partial charge >= 0.3 is 0 Å². The number of halogens is 2. The maximum atomic E-state index is 14.0. The predicted molar refractivity (Wildman–Crippen MR) is 131 cm³/mol. The summed E-state index contributed by atoms with van der Waals surface area (Å²) in [5.74, 6) is 0.112. The van der Waals surface area contributed by atoms with E-state index in [1.807, 2.05) is 18.2 Å². The third-order valence-corrected chi connectivity index (χ3v) is 8.08. The molecule has 2 heterocycles. The Kier molecular flexibility index (Phi) is 6.55. The molecule has 2 nitrogen and oxygen atoms in total. The maximum absolute atomic E-state index is 14.0. The standard InChI is InChI=1S/C28H30F2N2S/c1-19(2)21-6-10-27-25(15-21)26(16-22-5-9-24(30)17-28(22)33-27)32-13-11-31(12-14-32)18-20-3-7-23(29)8-4-20/h3-10,15,17,19,26H,11-14,16,18H2,1-2H3. The number of hydrogen-bond acceptors (Lipinski definition) is 3. The third kappa shape index (κ3) is 5.01. The molecule has 0 bridgehead atoms. The number of piperazine rings is 1. The molecule has 0 radical (unpaired) electrons. The van der Waals surface area contributed by atoms with Crippen LogP contribution in [0.5, 0.6) is 0 Å². The highest BCUT2D eigenvalue weighted by molar-refractivity contribution is 7.99. The highest BCUT2D eigenvalue weighted by Gasteiger charge is 2.30. The van der Waals surface area contributed by atoms with Gasteiger partial charge in [-0.1, -0.05) is 55.9 Å². The normalized spacial score (nSPS) is 19.2. The van der Waals surface area contributed by atoms with E-state index in [9.17, 15) is 8.78 Å². The average molecular weight is 465 g/mol. The molecule has 2 aliphatic rings. The summed E-state index contributed by atoms with van der Waals surface area (Å²) in [5, 5.41) is 0. The van der Waals surface area contributed by atoms with Crippen molar-refractivity contribution < 1.29 is 8.78 Å². The SMILES string of the molecule is CC(C)c1ccc2c(c1)C(N1CCN(Cc3ccc(F)cc3)CC1)Cc1ccc(F)cc1S2. The number of benzene rings is 3. The molecule has 5 heteroatoms. The Morgan fingerprint density at radius 3 is 2.30 bits per heavy atom. The molecule has 0 saturated carbocycles. The summed E-state index contributed by atoms with van der Waals surface area (Å²) in [6.07, 6.45) is 0.898. The first kappa shape index (κ1) is 22.6. The maximum Gasteiger partial charge on any atom is 0.124 e. The molecule has 3 aromatic carbocycles. The summed E-state index contributed by atoms with van der Waals surface area (Å²) >= 11 is 1.70. The van der Waals surface area contributed by atoms with Crippen LogP contribution in [0.1, 0.15) is 48.1 Å². The second kappa shape index (κ2) is 9.57. The number of fused-ring (bicyclic) bond motifs is 2. The van der Waals surface area contributed by atoms with E-state index in [4.69, 9.17) is 0 Å². The van der Waals surface area contributed by atoms with Gasteiger partial charge in [0.05, 0.1) is 0 Å². The van der Waals surface area contributed by atoms with Crippen LogP contribution in [-0.2, 0) is 13.0 Å². The Hall–Kier alpha value is -2.21. The summed E-state index contributed by atoms with van der Waals surface area (Å²) in [6.45, 7) is 9.26. The molecule has 0 aromatic heterocycles. The van der Waals surface area contributed by atoms with Gasteiger partial charge in [0.1, 0.15) is 11.6 Å². The van der Waals surface area contributed by atoms with E-state index >= 15 is 0 Å². The zero-order valence-corrected chi connectivity index (χ0v) is 20.0. The molecule has 5 rings (SSSR count). The van der Waals surface area contributed by atoms with Crippen LogP contribution in [0.25, 0.3) is 0 Å². The van der Waals surface area contributed by atoms with Crippen molar-refractivity contribution in [1.29, 1.82) is 0 Å². The molecule has 1 atom stereocenters. The van der Waals surface area contributed by atoms with E-state index in [2.05, 4.69) is 41.8 Å². The Labute approximate surface area is 199 Å². The largest absolute Gasteiger partial charge is 0.297 e. The fourth-order valence-corrected chi connectivity index (χ4v) is 6.05. The Balaban J connectivity index is 1.39. The molecule has 2 aliphatic heterocycles. The first-order chi connectivity index (χ1) is 16.0. The van der Waals surface area contributed by atoms with Crippen molar-refractivity contribution in [3.05, 3.63) is 94.6 Å². The van der Waals surface area contributed by atoms with Crippen molar-refractivity contribution >= 4 is 11.8 Å². The van der Waals surface area contributed by atoms with Gasteiger partial charge in [0.15, 0.2) is 0 Å². The van der Waals surface area contributed by atoms with Crippen molar-refractivity contribution in [3.8, 4) is 0 Å². The van der Waals surface area contributed by atoms with Gasteiger partial charge in [0.25, 0.3) is 0 Å². The molecule has 172 valence electrons. The van der Waals surface area contributed by atoms with Crippen LogP contribution in [0, 0.1) is 11.6 Å². The van der Waals surface area contributed by atoms with Crippen molar-refractivity contribution in [2.75, 3.05) is 26.2 Å². The van der Waals surface area contributed by atoms with Crippen molar-refractivity contribution in [1.82, 2.24) is 9.80 Å². The topological polar surface area (TPSA) is 6.48 Å². The minimum Gasteiger partial charge on any atom is -0.297 e. The van der Waals surface area contributed by atoms with E-state index in [0.29, 0.717) is 5.92 Å². The molecule has 33 heavy (non-hydrogen) atoms. The number of rotatable bonds is 4. The summed E-state index contributed by atoms with van der Waals surface area (Å²) < 4.78 is 27.3. The van der Waals surface area contributed by atoms with Crippen molar-refractivity contribution in [3.63, 3.8) is 0 Å². The zero-order chi connectivity index (χ0) is 22.9. The highest BCUT2D eigenvalue weighted by Crippen LogP contribution is 2.44. The van der Waals surface area contributed by atoms with Crippen molar-refractivity contribution in [2.24, 2.45) is 0 Å². The second-order valence-electron chi connectivity index (χ2n) is 9.46. The van der Waals surface area contributed by atoms with Crippen LogP contribution in [0.4, 0.5) is 8.78 Å². The van der Waals surface area contributed by atoms with Gasteiger partial charge in [-0.2, -0.15) is 0 Å². The van der Waals surface area contributed by atoms with E-state index in [1.54, 1.807) is 23.9 Å². The van der Waals surface area contributed by atoms with Gasteiger partial charge in [-0.05, 0) is 64.9 Å². The molecule has 1 fully saturated rings. The van der Waals surface area contributed by atoms with E-state index in [0.717, 1.165) is 49.6 Å². The molecule has 3 aromatic rings. The molecule has 1 unspecified atom stereocenters. The average Bonchev–Trinajstić information content (AvgIpc) is 2.97. The second-order valence-corrected chi connectivity index (χ2v) is 10.5. The predicted octanol–water partition coefficient (Wildman–Crippen LogP) is 6.65. The van der Waals surface area contributed by atoms with E-state index in [1.165, 1.54) is 33.7 Å². The lowest BCUT2D eigenvalue weighted by Crippen LogP contribution is -2.47. The summed E-state index contributed by atoms with van der Waals surface area (Å²) in [6, 6.07) is 19.2. The fraction of sp³-hybridized carbons (Fsp3) is 0.357. The minimum atomic E-state index is -0.186. The molecule has 0 N–H and O–H groups in total. The Morgan fingerprint density at radius 1 is 0.848 bits per heavy atom. The quantitative estimate of drug-likeness (QED) is 0.427. The van der Waals surface area contributed by atoms with Crippen LogP contribution in [0.3, 0.4) is 0 Å². The van der Waals surface area contributed by atoms with Gasteiger partial charge in [-0.3, -0.25) is 9.80 Å². The molecule has 1 saturated heterocycles. The number of nitrogens with zero attached hydrogens (tertiary/aromatic N) is 2. The Morgan fingerprint density at radius 2 is 1.58 bits per heavy atom. The van der Waals surface area contributed by atoms with E-state index in [-0.39, 0.29) is 17.7 Å². The molecular formula is C28H30F2N2S. The van der Waals surface area contributed by atoms with Crippen LogP contribution >= 0.6 is 11.8 Å². The van der Waals surface area contributed by atoms with Crippen LogP contribution < -0.4 is 0 Å². The number of hydrogen-bond donors (Lipinski definition) is 0. The molecule has 0 aliphatic carbocycles. The van der Waals surface area contributed by atoms with Crippen LogP contribution in [-0.4, -0.2) is 36.0 Å². The smallest absolute Gasteiger partial charge is 0.124 e. The van der Waals surface area contributed by atoms with Gasteiger partial charge < -0.3 is 0 Å². The lowest BCUT2D eigenvalue weighted by Gasteiger charge is -2.40. The van der Waals surface area contributed by atoms with Crippen molar-refractivity contribution in [2.45, 2.75) is 48.6 Å². The Bertz CT molecular complexity index is 1120. The summed E-state index contributed by atoms with van der Waals surface area (Å²) in [4.78, 5) is 7.32. The van der Waals surface area contributed by atoms with E-state index < -0.39 is 0 Å². The monoisotopic (exact) mass is 464 g/mol. The van der Waals surface area contributed by atoms with Crippen LogP contribution in [0.2, 0.25) is 0 Å². The van der Waals surface area contributed by atoms with Gasteiger partial charge in [-0.15, -0.1) is 0 Å². The third-order valence-electron chi connectivity index (χ3n) is 6.89. The van der Waals surface area contributed by atoms with Gasteiger partial charge in [0, 0.05) is 48.6 Å². The zero-order valence-electron chi connectivity index (χ0n) is 19.2. The van der Waals surface area contributed by atoms with Gasteiger partial charge in [0.2, 0.25) is 0 Å². The molecular weight excluding hydrogens is 434 g/mol. The first-order valence-electron chi connectivity index (χ1n) is 11.8. The van der Waals surface area contributed by atoms with Gasteiger partial charge in [-0.25, -0.2) is 8.78 Å². The van der Waals surface area contributed by atoms with Crippen LogP contribution in [0.15, 0.2) is 70.5 Å². The minimum absolute atomic E-state index is 0.172.